The summed E-state index contributed by atoms with van der Waals surface area (Å²) in [7, 11) is 0. The molecule has 0 radical (unpaired) electrons. The molecular formula is C7H7N3O6. The zero-order valence-corrected chi connectivity index (χ0v) is 8.10. The predicted molar refractivity (Wildman–Crippen MR) is 50.3 cm³/mol. The van der Waals surface area contributed by atoms with Crippen LogP contribution < -0.4 is 16.0 Å². The van der Waals surface area contributed by atoms with E-state index >= 15 is 0 Å². The molecule has 0 bridgehead atoms. The van der Waals surface area contributed by atoms with E-state index in [1.54, 1.807) is 4.98 Å². The fourth-order valence-corrected chi connectivity index (χ4v) is 0.885. The van der Waals surface area contributed by atoms with Gasteiger partial charge in [0.2, 0.25) is 0 Å². The highest BCUT2D eigenvalue weighted by Gasteiger charge is 2.24. The molecule has 0 unspecified atom stereocenters. The molecule has 0 saturated heterocycles. The number of carbonyl (C=O) groups is 1. The highest BCUT2D eigenvalue weighted by Crippen LogP contribution is 2.16. The summed E-state index contributed by atoms with van der Waals surface area (Å²) in [6, 6.07) is 0. The molecule has 0 atom stereocenters. The lowest BCUT2D eigenvalue weighted by Gasteiger charge is -2.01. The number of nitrogens with zero attached hydrogens (tertiary/aromatic N) is 1. The number of hydrogen-bond donors (Lipinski definition) is 2. The Bertz CT molecular complexity index is 542. The van der Waals surface area contributed by atoms with Gasteiger partial charge in [0.1, 0.15) is 0 Å². The summed E-state index contributed by atoms with van der Waals surface area (Å²) in [5.41, 5.74) is -3.23. The maximum Gasteiger partial charge on any atom is 0.393 e. The zero-order valence-electron chi connectivity index (χ0n) is 8.10. The monoisotopic (exact) mass is 229 g/mol. The van der Waals surface area contributed by atoms with E-state index in [0.29, 0.717) is 0 Å². The van der Waals surface area contributed by atoms with Crippen molar-refractivity contribution in [1.82, 2.24) is 9.97 Å². The van der Waals surface area contributed by atoms with Gasteiger partial charge in [-0.05, 0) is 0 Å². The van der Waals surface area contributed by atoms with Gasteiger partial charge in [-0.3, -0.25) is 29.7 Å². The Morgan fingerprint density at radius 2 is 2.06 bits per heavy atom. The highest BCUT2D eigenvalue weighted by molar-refractivity contribution is 5.72. The Labute approximate surface area is 87.2 Å². The third kappa shape index (κ3) is 2.32. The SMILES string of the molecule is CCC(=O)Oc1[nH]c(=O)[nH]c(=O)c1[N+](=O)[O-]. The number of H-pyrrole nitrogens is 2. The second-order valence-electron chi connectivity index (χ2n) is 2.67. The summed E-state index contributed by atoms with van der Waals surface area (Å²) in [5, 5.41) is 10.5. The molecule has 1 aromatic rings. The van der Waals surface area contributed by atoms with Gasteiger partial charge in [-0.15, -0.1) is 0 Å². The molecule has 0 spiro atoms. The van der Waals surface area contributed by atoms with E-state index in [9.17, 15) is 24.5 Å². The van der Waals surface area contributed by atoms with E-state index in [-0.39, 0.29) is 6.42 Å². The van der Waals surface area contributed by atoms with Crippen molar-refractivity contribution in [2.75, 3.05) is 0 Å². The maximum atomic E-state index is 11.1. The minimum atomic E-state index is -1.23. The van der Waals surface area contributed by atoms with Crippen LogP contribution in [0.3, 0.4) is 0 Å². The lowest BCUT2D eigenvalue weighted by atomic mass is 10.5. The molecule has 16 heavy (non-hydrogen) atoms. The van der Waals surface area contributed by atoms with E-state index in [1.165, 1.54) is 6.92 Å². The molecule has 0 saturated carbocycles. The first-order valence-corrected chi connectivity index (χ1v) is 4.17. The van der Waals surface area contributed by atoms with Crippen molar-refractivity contribution in [3.8, 4) is 5.88 Å². The van der Waals surface area contributed by atoms with Gasteiger partial charge in [0.05, 0.1) is 4.92 Å². The minimum absolute atomic E-state index is 0.0496. The number of esters is 1. The maximum absolute atomic E-state index is 11.1. The predicted octanol–water partition coefficient (Wildman–Crippen LogP) is -0.713. The average molecular weight is 229 g/mol. The van der Waals surface area contributed by atoms with E-state index in [4.69, 9.17) is 0 Å². The first kappa shape index (κ1) is 11.6. The summed E-state index contributed by atoms with van der Waals surface area (Å²) in [5.74, 6) is -1.56. The number of nitro groups is 1. The molecule has 1 aromatic heterocycles. The van der Waals surface area contributed by atoms with Gasteiger partial charge in [0, 0.05) is 6.42 Å². The number of nitrogens with one attached hydrogen (secondary N) is 2. The smallest absolute Gasteiger partial charge is 0.393 e. The van der Waals surface area contributed by atoms with Crippen molar-refractivity contribution in [3.05, 3.63) is 31.0 Å². The second-order valence-corrected chi connectivity index (χ2v) is 2.67. The van der Waals surface area contributed by atoms with Crippen molar-refractivity contribution < 1.29 is 14.5 Å². The van der Waals surface area contributed by atoms with Gasteiger partial charge in [-0.25, -0.2) is 4.79 Å². The van der Waals surface area contributed by atoms with Crippen LogP contribution in [0, 0.1) is 10.1 Å². The first-order valence-electron chi connectivity index (χ1n) is 4.17. The van der Waals surface area contributed by atoms with Crippen LogP contribution in [-0.4, -0.2) is 20.9 Å². The molecule has 0 aromatic carbocycles. The van der Waals surface area contributed by atoms with Crippen LogP contribution in [0.2, 0.25) is 0 Å². The number of carbonyl (C=O) groups excluding carboxylic acids is 1. The molecular weight excluding hydrogens is 222 g/mol. The first-order chi connectivity index (χ1) is 7.45. The fraction of sp³-hybridized carbons (Fsp3) is 0.286. The molecule has 0 aliphatic rings. The summed E-state index contributed by atoms with van der Waals surface area (Å²) in [6.45, 7) is 1.46. The van der Waals surface area contributed by atoms with Crippen LogP contribution in [0.5, 0.6) is 5.88 Å². The quantitative estimate of drug-likeness (QED) is 0.399. The second kappa shape index (κ2) is 4.38. The van der Waals surface area contributed by atoms with E-state index < -0.39 is 33.7 Å². The standard InChI is InChI=1S/C7H7N3O6/c1-2-3(11)16-6-4(10(14)15)5(12)8-7(13)9-6/h2H2,1H3,(H2,8,9,12,13). The number of aromatic amines is 2. The van der Waals surface area contributed by atoms with E-state index in [0.717, 1.165) is 0 Å². The Balaban J connectivity index is 3.35. The van der Waals surface area contributed by atoms with Gasteiger partial charge >= 0.3 is 22.9 Å². The van der Waals surface area contributed by atoms with Gasteiger partial charge in [0.25, 0.3) is 5.88 Å². The molecule has 2 N–H and O–H groups in total. The normalized spacial score (nSPS) is 9.81. The molecule has 9 heteroatoms. The minimum Gasteiger partial charge on any atom is -0.402 e. The van der Waals surface area contributed by atoms with Crippen LogP contribution in [0.25, 0.3) is 0 Å². The Morgan fingerprint density at radius 3 is 2.56 bits per heavy atom. The van der Waals surface area contributed by atoms with Crippen molar-refractivity contribution in [3.63, 3.8) is 0 Å². The topological polar surface area (TPSA) is 135 Å². The van der Waals surface area contributed by atoms with Crippen LogP contribution in [-0.2, 0) is 4.79 Å². The van der Waals surface area contributed by atoms with Crippen molar-refractivity contribution >= 4 is 11.7 Å². The molecule has 1 rings (SSSR count). The van der Waals surface area contributed by atoms with Crippen LogP contribution >= 0.6 is 0 Å². The van der Waals surface area contributed by atoms with Crippen LogP contribution in [0.15, 0.2) is 9.59 Å². The summed E-state index contributed by atoms with van der Waals surface area (Å²) < 4.78 is 4.46. The molecule has 9 nitrogen and oxygen atoms in total. The Hall–Kier alpha value is -2.45. The van der Waals surface area contributed by atoms with Gasteiger partial charge in [-0.2, -0.15) is 0 Å². The van der Waals surface area contributed by atoms with Crippen LogP contribution in [0.1, 0.15) is 13.3 Å². The average Bonchev–Trinajstić information content (AvgIpc) is 2.15. The molecule has 86 valence electrons. The molecule has 0 aliphatic carbocycles. The number of rotatable bonds is 3. The molecule has 0 fully saturated rings. The van der Waals surface area contributed by atoms with E-state index in [1.807, 2.05) is 4.98 Å². The third-order valence-electron chi connectivity index (χ3n) is 1.57. The summed E-state index contributed by atoms with van der Waals surface area (Å²) >= 11 is 0. The summed E-state index contributed by atoms with van der Waals surface area (Å²) in [4.78, 5) is 45.8. The number of ether oxygens (including phenoxy) is 1. The third-order valence-corrected chi connectivity index (χ3v) is 1.57. The van der Waals surface area contributed by atoms with Crippen molar-refractivity contribution in [2.45, 2.75) is 13.3 Å². The lowest BCUT2D eigenvalue weighted by molar-refractivity contribution is -0.387. The van der Waals surface area contributed by atoms with Crippen LogP contribution in [0.4, 0.5) is 5.69 Å². The van der Waals surface area contributed by atoms with Gasteiger partial charge in [0.15, 0.2) is 0 Å². The lowest BCUT2D eigenvalue weighted by Crippen LogP contribution is -2.26. The Kier molecular flexibility index (Phi) is 3.18. The summed E-state index contributed by atoms with van der Waals surface area (Å²) in [6.07, 6.45) is -0.0496. The van der Waals surface area contributed by atoms with E-state index in [2.05, 4.69) is 4.74 Å². The number of hydrogen-bond acceptors (Lipinski definition) is 6. The fourth-order valence-electron chi connectivity index (χ4n) is 0.885. The molecule has 1 heterocycles. The molecule has 0 aliphatic heterocycles. The van der Waals surface area contributed by atoms with Crippen molar-refractivity contribution in [1.29, 1.82) is 0 Å². The highest BCUT2D eigenvalue weighted by atomic mass is 16.6. The number of aromatic nitrogens is 2. The molecule has 0 amide bonds. The largest absolute Gasteiger partial charge is 0.402 e. The van der Waals surface area contributed by atoms with Gasteiger partial charge < -0.3 is 4.74 Å². The Morgan fingerprint density at radius 1 is 1.44 bits per heavy atom. The van der Waals surface area contributed by atoms with Gasteiger partial charge in [-0.1, -0.05) is 6.92 Å². The van der Waals surface area contributed by atoms with Crippen molar-refractivity contribution in [2.24, 2.45) is 0 Å². The zero-order chi connectivity index (χ0) is 12.3.